The summed E-state index contributed by atoms with van der Waals surface area (Å²) >= 11 is 0. The van der Waals surface area contributed by atoms with Crippen molar-refractivity contribution >= 4 is 5.95 Å². The maximum absolute atomic E-state index is 14.5. The molecule has 1 aliphatic heterocycles. The fourth-order valence-electron chi connectivity index (χ4n) is 3.61. The van der Waals surface area contributed by atoms with Crippen LogP contribution in [0.3, 0.4) is 0 Å². The highest BCUT2D eigenvalue weighted by Crippen LogP contribution is 2.31. The maximum Gasteiger partial charge on any atom is 0.225 e. The zero-order chi connectivity index (χ0) is 21.1. The Morgan fingerprint density at radius 2 is 1.67 bits per heavy atom. The van der Waals surface area contributed by atoms with Crippen LogP contribution in [0.15, 0.2) is 43.2 Å². The molecule has 1 aliphatic rings. The number of ether oxygens (including phenoxy) is 1. The Hall–Kier alpha value is -3.16. The Kier molecular flexibility index (Phi) is 5.83. The smallest absolute Gasteiger partial charge is 0.225 e. The third kappa shape index (κ3) is 4.22. The molecule has 0 N–H and O–H groups in total. The summed E-state index contributed by atoms with van der Waals surface area (Å²) in [5, 5.41) is 0. The molecule has 0 spiro atoms. The SMILES string of the molecule is CCc1cnc(N2CC(C)C(COc3c(F)cc(-c4cncnc4)cc3F)C2)nc1. The van der Waals surface area contributed by atoms with Crippen molar-refractivity contribution in [3.63, 3.8) is 0 Å². The number of hydrogen-bond donors (Lipinski definition) is 0. The Balaban J connectivity index is 1.43. The molecule has 0 radical (unpaired) electrons. The molecule has 156 valence electrons. The Morgan fingerprint density at radius 1 is 1.00 bits per heavy atom. The lowest BCUT2D eigenvalue weighted by Crippen LogP contribution is -2.24. The van der Waals surface area contributed by atoms with Gasteiger partial charge in [-0.25, -0.2) is 28.7 Å². The second-order valence-electron chi connectivity index (χ2n) is 7.59. The minimum atomic E-state index is -0.741. The number of aromatic nitrogens is 4. The van der Waals surface area contributed by atoms with Gasteiger partial charge in [0.25, 0.3) is 0 Å². The molecule has 2 atom stereocenters. The molecule has 30 heavy (non-hydrogen) atoms. The number of aryl methyl sites for hydroxylation is 1. The molecular formula is C22H23F2N5O. The summed E-state index contributed by atoms with van der Waals surface area (Å²) in [6.07, 6.45) is 8.93. The van der Waals surface area contributed by atoms with E-state index in [1.165, 1.54) is 30.9 Å². The van der Waals surface area contributed by atoms with Crippen LogP contribution in [0.5, 0.6) is 5.75 Å². The van der Waals surface area contributed by atoms with Gasteiger partial charge in [0.15, 0.2) is 17.4 Å². The molecule has 0 saturated carbocycles. The summed E-state index contributed by atoms with van der Waals surface area (Å²) in [6, 6.07) is 2.48. The van der Waals surface area contributed by atoms with E-state index >= 15 is 0 Å². The molecule has 2 aromatic heterocycles. The van der Waals surface area contributed by atoms with Crippen LogP contribution >= 0.6 is 0 Å². The minimum Gasteiger partial charge on any atom is -0.487 e. The molecule has 8 heteroatoms. The standard InChI is InChI=1S/C22H23F2N5O/c1-3-15-6-27-22(28-7-15)29-10-14(2)18(11-29)12-30-21-19(23)4-16(5-20(21)24)17-8-25-13-26-9-17/h4-9,13-14,18H,3,10-12H2,1-2H3. The van der Waals surface area contributed by atoms with E-state index < -0.39 is 11.6 Å². The minimum absolute atomic E-state index is 0.112. The van der Waals surface area contributed by atoms with Crippen molar-refractivity contribution < 1.29 is 13.5 Å². The molecule has 6 nitrogen and oxygen atoms in total. The predicted octanol–water partition coefficient (Wildman–Crippen LogP) is 3.93. The zero-order valence-electron chi connectivity index (χ0n) is 16.9. The molecule has 2 unspecified atom stereocenters. The average molecular weight is 411 g/mol. The van der Waals surface area contributed by atoms with E-state index in [0.29, 0.717) is 23.6 Å². The molecule has 0 aliphatic carbocycles. The van der Waals surface area contributed by atoms with Crippen LogP contribution in [0, 0.1) is 23.5 Å². The lowest BCUT2D eigenvalue weighted by Gasteiger charge is -2.17. The second kappa shape index (κ2) is 8.69. The topological polar surface area (TPSA) is 64.0 Å². The lowest BCUT2D eigenvalue weighted by atomic mass is 9.99. The van der Waals surface area contributed by atoms with Crippen molar-refractivity contribution in [2.45, 2.75) is 20.3 Å². The summed E-state index contributed by atoms with van der Waals surface area (Å²) in [4.78, 5) is 18.7. The summed E-state index contributed by atoms with van der Waals surface area (Å²) in [7, 11) is 0. The maximum atomic E-state index is 14.5. The summed E-state index contributed by atoms with van der Waals surface area (Å²) in [5.41, 5.74) is 1.99. The number of halogens is 2. The van der Waals surface area contributed by atoms with Crippen molar-refractivity contribution in [1.29, 1.82) is 0 Å². The third-order valence-corrected chi connectivity index (χ3v) is 5.48. The highest BCUT2D eigenvalue weighted by atomic mass is 19.1. The van der Waals surface area contributed by atoms with Crippen molar-refractivity contribution in [3.05, 3.63) is 60.4 Å². The van der Waals surface area contributed by atoms with Gasteiger partial charge in [-0.1, -0.05) is 13.8 Å². The predicted molar refractivity (Wildman–Crippen MR) is 109 cm³/mol. The van der Waals surface area contributed by atoms with Crippen molar-refractivity contribution in [2.75, 3.05) is 24.6 Å². The van der Waals surface area contributed by atoms with Crippen molar-refractivity contribution in [1.82, 2.24) is 19.9 Å². The molecule has 3 aromatic rings. The third-order valence-electron chi connectivity index (χ3n) is 5.48. The van der Waals surface area contributed by atoms with E-state index in [1.54, 1.807) is 0 Å². The normalized spacial score (nSPS) is 18.6. The van der Waals surface area contributed by atoms with Crippen LogP contribution in [0.25, 0.3) is 11.1 Å². The van der Waals surface area contributed by atoms with Gasteiger partial charge in [0.2, 0.25) is 5.95 Å². The van der Waals surface area contributed by atoms with Gasteiger partial charge in [0.1, 0.15) is 6.33 Å². The first-order valence-electron chi connectivity index (χ1n) is 9.98. The van der Waals surface area contributed by atoms with Gasteiger partial charge in [0.05, 0.1) is 6.61 Å². The molecule has 1 fully saturated rings. The first-order chi connectivity index (χ1) is 14.5. The van der Waals surface area contributed by atoms with E-state index in [1.807, 2.05) is 12.4 Å². The molecule has 3 heterocycles. The van der Waals surface area contributed by atoms with E-state index in [4.69, 9.17) is 4.74 Å². The lowest BCUT2D eigenvalue weighted by molar-refractivity contribution is 0.216. The van der Waals surface area contributed by atoms with Gasteiger partial charge in [-0.2, -0.15) is 0 Å². The molecule has 0 bridgehead atoms. The van der Waals surface area contributed by atoms with Crippen LogP contribution < -0.4 is 9.64 Å². The van der Waals surface area contributed by atoms with Crippen LogP contribution in [0.2, 0.25) is 0 Å². The Morgan fingerprint density at radius 3 is 2.30 bits per heavy atom. The summed E-state index contributed by atoms with van der Waals surface area (Å²) < 4.78 is 34.7. The quantitative estimate of drug-likeness (QED) is 0.613. The van der Waals surface area contributed by atoms with E-state index in [-0.39, 0.29) is 24.2 Å². The van der Waals surface area contributed by atoms with Gasteiger partial charge in [-0.15, -0.1) is 0 Å². The van der Waals surface area contributed by atoms with E-state index in [2.05, 4.69) is 38.7 Å². The number of benzene rings is 1. The van der Waals surface area contributed by atoms with Gasteiger partial charge >= 0.3 is 0 Å². The molecule has 1 saturated heterocycles. The fourth-order valence-corrected chi connectivity index (χ4v) is 3.61. The Bertz CT molecular complexity index is 977. The molecule has 4 rings (SSSR count). The van der Waals surface area contributed by atoms with Crippen LogP contribution in [0.1, 0.15) is 19.4 Å². The van der Waals surface area contributed by atoms with Crippen LogP contribution in [0.4, 0.5) is 14.7 Å². The average Bonchev–Trinajstić information content (AvgIpc) is 3.14. The van der Waals surface area contributed by atoms with Gasteiger partial charge in [-0.05, 0) is 35.6 Å². The first kappa shape index (κ1) is 20.1. The Labute approximate surface area is 174 Å². The number of anilines is 1. The van der Waals surface area contributed by atoms with Crippen molar-refractivity contribution in [3.8, 4) is 16.9 Å². The van der Waals surface area contributed by atoms with E-state index in [0.717, 1.165) is 18.5 Å². The molecular weight excluding hydrogens is 388 g/mol. The number of nitrogens with zero attached hydrogens (tertiary/aromatic N) is 5. The van der Waals surface area contributed by atoms with Gasteiger partial charge in [0, 0.05) is 49.4 Å². The molecule has 1 aromatic carbocycles. The zero-order valence-corrected chi connectivity index (χ0v) is 16.9. The summed E-state index contributed by atoms with van der Waals surface area (Å²) in [6.45, 7) is 5.82. The fraction of sp³-hybridized carbons (Fsp3) is 0.364. The highest BCUT2D eigenvalue weighted by Gasteiger charge is 2.32. The van der Waals surface area contributed by atoms with Crippen LogP contribution in [-0.4, -0.2) is 39.6 Å². The monoisotopic (exact) mass is 411 g/mol. The number of hydrogen-bond acceptors (Lipinski definition) is 6. The molecule has 0 amide bonds. The van der Waals surface area contributed by atoms with Gasteiger partial charge < -0.3 is 9.64 Å². The largest absolute Gasteiger partial charge is 0.487 e. The number of rotatable bonds is 6. The summed E-state index contributed by atoms with van der Waals surface area (Å²) in [5.74, 6) is -0.769. The van der Waals surface area contributed by atoms with Crippen molar-refractivity contribution in [2.24, 2.45) is 11.8 Å². The van der Waals surface area contributed by atoms with Crippen LogP contribution in [-0.2, 0) is 6.42 Å². The highest BCUT2D eigenvalue weighted by molar-refractivity contribution is 5.62. The van der Waals surface area contributed by atoms with Gasteiger partial charge in [-0.3, -0.25) is 0 Å². The first-order valence-corrected chi connectivity index (χ1v) is 9.98. The second-order valence-corrected chi connectivity index (χ2v) is 7.59. The van der Waals surface area contributed by atoms with E-state index in [9.17, 15) is 8.78 Å².